The fourth-order valence-electron chi connectivity index (χ4n) is 4.16. The molecule has 1 aromatic heterocycles. The molecule has 0 saturated carbocycles. The maximum atomic E-state index is 15.0. The third kappa shape index (κ3) is 4.39. The van der Waals surface area contributed by atoms with E-state index in [2.05, 4.69) is 4.98 Å². The Morgan fingerprint density at radius 1 is 1.23 bits per heavy atom. The number of fused-ring (bicyclic) bond motifs is 1. The van der Waals surface area contributed by atoms with E-state index in [4.69, 9.17) is 4.74 Å². The van der Waals surface area contributed by atoms with Gasteiger partial charge in [-0.15, -0.1) is 0 Å². The molecule has 10 heteroatoms. The second-order valence-electron chi connectivity index (χ2n) is 7.90. The van der Waals surface area contributed by atoms with E-state index < -0.39 is 30.5 Å². The Morgan fingerprint density at radius 2 is 1.97 bits per heavy atom. The summed E-state index contributed by atoms with van der Waals surface area (Å²) in [5.41, 5.74) is -0.166. The average molecular weight is 440 g/mol. The van der Waals surface area contributed by atoms with Crippen molar-refractivity contribution >= 4 is 11.8 Å². The van der Waals surface area contributed by atoms with Gasteiger partial charge in [0.1, 0.15) is 18.0 Å². The molecule has 0 N–H and O–H groups in total. The molecule has 6 nitrogen and oxygen atoms in total. The Morgan fingerprint density at radius 3 is 2.65 bits per heavy atom. The van der Waals surface area contributed by atoms with Crippen LogP contribution in [0, 0.1) is 0 Å². The van der Waals surface area contributed by atoms with Crippen molar-refractivity contribution in [3.63, 3.8) is 0 Å². The highest BCUT2D eigenvalue weighted by Crippen LogP contribution is 2.36. The molecule has 0 spiro atoms. The third-order valence-electron chi connectivity index (χ3n) is 5.79. The normalized spacial score (nSPS) is 22.9. The van der Waals surface area contributed by atoms with Crippen LogP contribution in [0.4, 0.5) is 29.3 Å². The van der Waals surface area contributed by atoms with Crippen LogP contribution in [-0.2, 0) is 11.3 Å². The number of morpholine rings is 1. The number of hydrogen-bond donors (Lipinski definition) is 0. The van der Waals surface area contributed by atoms with Crippen molar-refractivity contribution < 1.29 is 22.3 Å². The molecule has 2 unspecified atom stereocenters. The predicted molar refractivity (Wildman–Crippen MR) is 108 cm³/mol. The molecule has 2 aliphatic rings. The van der Waals surface area contributed by atoms with E-state index in [1.54, 1.807) is 18.2 Å². The van der Waals surface area contributed by atoms with Gasteiger partial charge in [-0.2, -0.15) is 18.2 Å². The zero-order valence-electron chi connectivity index (χ0n) is 17.1. The molecule has 31 heavy (non-hydrogen) atoms. The summed E-state index contributed by atoms with van der Waals surface area (Å²) >= 11 is 0. The zero-order valence-corrected chi connectivity index (χ0v) is 17.1. The molecular formula is C21H24F4N4O2. The van der Waals surface area contributed by atoms with Crippen LogP contribution >= 0.6 is 0 Å². The first-order valence-electron chi connectivity index (χ1n) is 10.2. The van der Waals surface area contributed by atoms with Gasteiger partial charge in [-0.1, -0.05) is 30.3 Å². The number of benzene rings is 1. The van der Waals surface area contributed by atoms with E-state index in [1.807, 2.05) is 11.8 Å². The third-order valence-corrected chi connectivity index (χ3v) is 5.79. The van der Waals surface area contributed by atoms with Crippen LogP contribution in [0.25, 0.3) is 0 Å². The van der Waals surface area contributed by atoms with E-state index in [0.717, 1.165) is 4.90 Å². The monoisotopic (exact) mass is 440 g/mol. The molecule has 1 saturated heterocycles. The lowest BCUT2D eigenvalue weighted by molar-refractivity contribution is -0.153. The highest BCUT2D eigenvalue weighted by atomic mass is 19.4. The topological polar surface area (TPSA) is 50.6 Å². The summed E-state index contributed by atoms with van der Waals surface area (Å²) in [6, 6.07) is 7.37. The van der Waals surface area contributed by atoms with Crippen molar-refractivity contribution in [2.45, 2.75) is 44.3 Å². The summed E-state index contributed by atoms with van der Waals surface area (Å²) in [7, 11) is 0. The average Bonchev–Trinajstić information content (AvgIpc) is 2.74. The maximum absolute atomic E-state index is 15.0. The van der Waals surface area contributed by atoms with Crippen LogP contribution in [0.15, 0.2) is 41.2 Å². The fourth-order valence-corrected chi connectivity index (χ4v) is 4.16. The molecule has 2 aromatic rings. The summed E-state index contributed by atoms with van der Waals surface area (Å²) in [4.78, 5) is 19.9. The molecule has 1 fully saturated rings. The predicted octanol–water partition coefficient (Wildman–Crippen LogP) is 3.32. The van der Waals surface area contributed by atoms with E-state index in [1.165, 1.54) is 22.8 Å². The molecular weight excluding hydrogens is 416 g/mol. The summed E-state index contributed by atoms with van der Waals surface area (Å²) in [6.07, 6.45) is -6.59. The standard InChI is InChI=1S/C21H24F4N4O2/c1-14-13-31-10-9-27(14)18-11-19(30)28-8-7-17(21(23,24)25)29(20(28)26-18)12-16(22)15-5-3-2-4-6-15/h2-6,11,14,16-17H,7-10,12-13H2,1H3/t14-,16?,17?/m1/s1. The molecule has 3 heterocycles. The Labute approximate surface area is 177 Å². The van der Waals surface area contributed by atoms with Gasteiger partial charge in [0.15, 0.2) is 0 Å². The number of anilines is 2. The molecule has 168 valence electrons. The highest BCUT2D eigenvalue weighted by Gasteiger charge is 2.47. The van der Waals surface area contributed by atoms with Crippen molar-refractivity contribution in [2.75, 3.05) is 36.1 Å². The van der Waals surface area contributed by atoms with Gasteiger partial charge in [0.2, 0.25) is 5.95 Å². The van der Waals surface area contributed by atoms with Gasteiger partial charge >= 0.3 is 6.18 Å². The molecule has 3 atom stereocenters. The summed E-state index contributed by atoms with van der Waals surface area (Å²) < 4.78 is 63.2. The number of rotatable bonds is 4. The Bertz CT molecular complexity index is 966. The Kier molecular flexibility index (Phi) is 5.92. The van der Waals surface area contributed by atoms with Crippen LogP contribution in [-0.4, -0.2) is 54.1 Å². The number of hydrogen-bond acceptors (Lipinski definition) is 5. The zero-order chi connectivity index (χ0) is 22.2. The molecule has 1 aromatic carbocycles. The number of alkyl halides is 4. The van der Waals surface area contributed by atoms with Crippen LogP contribution in [0.2, 0.25) is 0 Å². The lowest BCUT2D eigenvalue weighted by Gasteiger charge is -2.41. The molecule has 0 bridgehead atoms. The van der Waals surface area contributed by atoms with Gasteiger partial charge in [0.05, 0.1) is 25.8 Å². The number of aromatic nitrogens is 2. The number of nitrogens with zero attached hydrogens (tertiary/aromatic N) is 4. The Balaban J connectivity index is 1.75. The van der Waals surface area contributed by atoms with Crippen LogP contribution < -0.4 is 15.4 Å². The van der Waals surface area contributed by atoms with Crippen molar-refractivity contribution in [3.05, 3.63) is 52.3 Å². The minimum absolute atomic E-state index is 0.0857. The van der Waals surface area contributed by atoms with Crippen molar-refractivity contribution in [1.29, 1.82) is 0 Å². The van der Waals surface area contributed by atoms with E-state index in [0.29, 0.717) is 19.8 Å². The van der Waals surface area contributed by atoms with Crippen LogP contribution in [0.3, 0.4) is 0 Å². The lowest BCUT2D eigenvalue weighted by atomic mass is 10.1. The van der Waals surface area contributed by atoms with Crippen molar-refractivity contribution in [2.24, 2.45) is 0 Å². The first kappa shape index (κ1) is 21.6. The minimum Gasteiger partial charge on any atom is -0.377 e. The van der Waals surface area contributed by atoms with Gasteiger partial charge in [-0.3, -0.25) is 9.36 Å². The van der Waals surface area contributed by atoms with Gasteiger partial charge in [-0.25, -0.2) is 4.39 Å². The molecule has 4 rings (SSSR count). The number of halogens is 4. The van der Waals surface area contributed by atoms with Crippen molar-refractivity contribution in [1.82, 2.24) is 9.55 Å². The summed E-state index contributed by atoms with van der Waals surface area (Å²) in [5, 5.41) is 0. The molecule has 0 radical (unpaired) electrons. The molecule has 0 amide bonds. The van der Waals surface area contributed by atoms with E-state index >= 15 is 4.39 Å². The molecule has 2 aliphatic heterocycles. The first-order valence-corrected chi connectivity index (χ1v) is 10.2. The summed E-state index contributed by atoms with van der Waals surface area (Å²) in [5.74, 6) is 0.142. The van der Waals surface area contributed by atoms with Gasteiger partial charge < -0.3 is 14.5 Å². The quantitative estimate of drug-likeness (QED) is 0.683. The SMILES string of the molecule is C[C@@H]1COCCN1c1cc(=O)n2c(n1)N(CC(F)c1ccccc1)C(C(F)(F)F)CC2. The lowest BCUT2D eigenvalue weighted by Crippen LogP contribution is -2.54. The minimum atomic E-state index is -4.58. The van der Waals surface area contributed by atoms with Gasteiger partial charge in [-0.05, 0) is 18.9 Å². The van der Waals surface area contributed by atoms with Crippen LogP contribution in [0.1, 0.15) is 25.1 Å². The van der Waals surface area contributed by atoms with E-state index in [-0.39, 0.29) is 36.3 Å². The number of ether oxygens (including phenoxy) is 1. The second-order valence-corrected chi connectivity index (χ2v) is 7.90. The highest BCUT2D eigenvalue weighted by molar-refractivity contribution is 5.48. The largest absolute Gasteiger partial charge is 0.408 e. The van der Waals surface area contributed by atoms with Gasteiger partial charge in [0, 0.05) is 19.2 Å². The summed E-state index contributed by atoms with van der Waals surface area (Å²) in [6.45, 7) is 2.54. The van der Waals surface area contributed by atoms with Crippen LogP contribution in [0.5, 0.6) is 0 Å². The van der Waals surface area contributed by atoms with E-state index in [9.17, 15) is 18.0 Å². The fraction of sp³-hybridized carbons (Fsp3) is 0.524. The smallest absolute Gasteiger partial charge is 0.377 e. The Hall–Kier alpha value is -2.62. The maximum Gasteiger partial charge on any atom is 0.408 e. The second kappa shape index (κ2) is 8.49. The first-order chi connectivity index (χ1) is 14.8. The van der Waals surface area contributed by atoms with Gasteiger partial charge in [0.25, 0.3) is 5.56 Å². The molecule has 0 aliphatic carbocycles. The van der Waals surface area contributed by atoms with Crippen molar-refractivity contribution in [3.8, 4) is 0 Å².